The van der Waals surface area contributed by atoms with Gasteiger partial charge in [0.15, 0.2) is 11.5 Å². The Kier molecular flexibility index (Phi) is 5.46. The molecular formula is C21H24N2O3. The summed E-state index contributed by atoms with van der Waals surface area (Å²) in [5.41, 5.74) is 3.26. The molecule has 0 spiro atoms. The van der Waals surface area contributed by atoms with E-state index in [1.165, 1.54) is 0 Å². The number of aromatic nitrogens is 1. The van der Waals surface area contributed by atoms with Crippen molar-refractivity contribution in [1.29, 1.82) is 0 Å². The Morgan fingerprint density at radius 3 is 2.58 bits per heavy atom. The minimum Gasteiger partial charge on any atom is -0.493 e. The van der Waals surface area contributed by atoms with Crippen molar-refractivity contribution >= 4 is 16.8 Å². The minimum atomic E-state index is 0.00919. The summed E-state index contributed by atoms with van der Waals surface area (Å²) in [6.07, 6.45) is 0.734. The third-order valence-corrected chi connectivity index (χ3v) is 4.50. The third-order valence-electron chi connectivity index (χ3n) is 4.50. The summed E-state index contributed by atoms with van der Waals surface area (Å²) in [4.78, 5) is 12.3. The molecule has 136 valence electrons. The lowest BCUT2D eigenvalue weighted by atomic mass is 10.1. The first-order valence-corrected chi connectivity index (χ1v) is 8.65. The highest BCUT2D eigenvalue weighted by Gasteiger charge is 2.09. The van der Waals surface area contributed by atoms with Gasteiger partial charge in [0.2, 0.25) is 5.91 Å². The molecule has 0 atom stereocenters. The molecule has 0 radical (unpaired) electrons. The second-order valence-corrected chi connectivity index (χ2v) is 6.22. The van der Waals surface area contributed by atoms with Crippen molar-refractivity contribution < 1.29 is 14.3 Å². The predicted octanol–water partition coefficient (Wildman–Crippen LogP) is 3.33. The molecule has 1 N–H and O–H groups in total. The number of rotatable bonds is 7. The Balaban J connectivity index is 1.58. The van der Waals surface area contributed by atoms with Gasteiger partial charge in [-0.1, -0.05) is 24.3 Å². The maximum Gasteiger partial charge on any atom is 0.239 e. The van der Waals surface area contributed by atoms with Gasteiger partial charge in [-0.15, -0.1) is 0 Å². The molecule has 0 saturated carbocycles. The van der Waals surface area contributed by atoms with E-state index in [1.54, 1.807) is 14.2 Å². The van der Waals surface area contributed by atoms with Crippen LogP contribution in [0.15, 0.2) is 48.5 Å². The number of fused-ring (bicyclic) bond motifs is 1. The van der Waals surface area contributed by atoms with Crippen LogP contribution in [0, 0.1) is 6.92 Å². The first-order chi connectivity index (χ1) is 12.6. The molecule has 3 rings (SSSR count). The van der Waals surface area contributed by atoms with Gasteiger partial charge in [-0.05, 0) is 48.6 Å². The standard InChI is InChI=1S/C21H24N2O3/c1-15-12-17-6-4-5-7-18(17)23(15)14-21(24)22-11-10-16-8-9-19(25-2)20(13-16)26-3/h4-9,12-13H,10-11,14H2,1-3H3,(H,22,24). The van der Waals surface area contributed by atoms with Crippen LogP contribution in [0.4, 0.5) is 0 Å². The summed E-state index contributed by atoms with van der Waals surface area (Å²) in [7, 11) is 3.23. The van der Waals surface area contributed by atoms with Crippen molar-refractivity contribution in [1.82, 2.24) is 9.88 Å². The third kappa shape index (κ3) is 3.82. The molecule has 0 bridgehead atoms. The molecule has 2 aromatic carbocycles. The maximum absolute atomic E-state index is 12.3. The smallest absolute Gasteiger partial charge is 0.239 e. The topological polar surface area (TPSA) is 52.5 Å². The number of ether oxygens (including phenoxy) is 2. The van der Waals surface area contributed by atoms with E-state index in [2.05, 4.69) is 17.4 Å². The van der Waals surface area contributed by atoms with Gasteiger partial charge < -0.3 is 19.4 Å². The van der Waals surface area contributed by atoms with Gasteiger partial charge >= 0.3 is 0 Å². The van der Waals surface area contributed by atoms with Crippen LogP contribution < -0.4 is 14.8 Å². The normalized spacial score (nSPS) is 10.7. The summed E-state index contributed by atoms with van der Waals surface area (Å²) >= 11 is 0. The molecule has 1 amide bonds. The number of nitrogens with zero attached hydrogens (tertiary/aromatic N) is 1. The highest BCUT2D eigenvalue weighted by atomic mass is 16.5. The van der Waals surface area contributed by atoms with Crippen molar-refractivity contribution in [2.24, 2.45) is 0 Å². The number of hydrogen-bond donors (Lipinski definition) is 1. The number of nitrogens with one attached hydrogen (secondary N) is 1. The molecule has 0 saturated heterocycles. The van der Waals surface area contributed by atoms with E-state index in [1.807, 2.05) is 47.9 Å². The molecule has 0 fully saturated rings. The van der Waals surface area contributed by atoms with Crippen LogP contribution in [0.5, 0.6) is 11.5 Å². The first kappa shape index (κ1) is 17.9. The summed E-state index contributed by atoms with van der Waals surface area (Å²) in [6.45, 7) is 2.93. The molecule has 0 aliphatic heterocycles. The van der Waals surface area contributed by atoms with Crippen molar-refractivity contribution in [2.75, 3.05) is 20.8 Å². The van der Waals surface area contributed by atoms with E-state index in [0.29, 0.717) is 24.6 Å². The second kappa shape index (κ2) is 7.95. The Bertz CT molecular complexity index is 915. The second-order valence-electron chi connectivity index (χ2n) is 6.22. The van der Waals surface area contributed by atoms with E-state index in [-0.39, 0.29) is 5.91 Å². The molecule has 5 nitrogen and oxygen atoms in total. The van der Waals surface area contributed by atoms with E-state index in [0.717, 1.165) is 28.6 Å². The lowest BCUT2D eigenvalue weighted by Gasteiger charge is -2.11. The van der Waals surface area contributed by atoms with Crippen LogP contribution in [0.1, 0.15) is 11.3 Å². The fourth-order valence-corrected chi connectivity index (χ4v) is 3.14. The van der Waals surface area contributed by atoms with E-state index in [9.17, 15) is 4.79 Å². The van der Waals surface area contributed by atoms with Crippen LogP contribution in [0.25, 0.3) is 10.9 Å². The molecule has 3 aromatic rings. The molecule has 5 heteroatoms. The molecule has 0 unspecified atom stereocenters. The number of methoxy groups -OCH3 is 2. The molecule has 0 aliphatic carbocycles. The highest BCUT2D eigenvalue weighted by molar-refractivity contribution is 5.84. The first-order valence-electron chi connectivity index (χ1n) is 8.65. The van der Waals surface area contributed by atoms with Gasteiger partial charge in [-0.3, -0.25) is 4.79 Å². The average Bonchev–Trinajstić information content (AvgIpc) is 2.97. The van der Waals surface area contributed by atoms with Crippen molar-refractivity contribution in [3.8, 4) is 11.5 Å². The SMILES string of the molecule is COc1ccc(CCNC(=O)Cn2c(C)cc3ccccc32)cc1OC. The monoisotopic (exact) mass is 352 g/mol. The molecule has 0 aliphatic rings. The predicted molar refractivity (Wildman–Crippen MR) is 103 cm³/mol. The Labute approximate surface area is 153 Å². The van der Waals surface area contributed by atoms with Crippen molar-refractivity contribution in [3.05, 3.63) is 59.8 Å². The maximum atomic E-state index is 12.3. The molecule has 1 aromatic heterocycles. The quantitative estimate of drug-likeness (QED) is 0.710. The fraction of sp³-hybridized carbons (Fsp3) is 0.286. The molecular weight excluding hydrogens is 328 g/mol. The Morgan fingerprint density at radius 2 is 1.81 bits per heavy atom. The van der Waals surface area contributed by atoms with Gasteiger partial charge in [0.25, 0.3) is 0 Å². The van der Waals surface area contributed by atoms with Crippen molar-refractivity contribution in [2.45, 2.75) is 19.9 Å². The lowest BCUT2D eigenvalue weighted by Crippen LogP contribution is -2.29. The Morgan fingerprint density at radius 1 is 1.04 bits per heavy atom. The number of hydrogen-bond acceptors (Lipinski definition) is 3. The molecule has 26 heavy (non-hydrogen) atoms. The Hall–Kier alpha value is -2.95. The van der Waals surface area contributed by atoms with Crippen LogP contribution in [-0.2, 0) is 17.8 Å². The van der Waals surface area contributed by atoms with Gasteiger partial charge in [0.05, 0.1) is 14.2 Å². The number of carbonyl (C=O) groups is 1. The summed E-state index contributed by atoms with van der Waals surface area (Å²) < 4.78 is 12.6. The van der Waals surface area contributed by atoms with Crippen LogP contribution in [-0.4, -0.2) is 31.2 Å². The van der Waals surface area contributed by atoms with E-state index >= 15 is 0 Å². The fourth-order valence-electron chi connectivity index (χ4n) is 3.14. The minimum absolute atomic E-state index is 0.00919. The number of aryl methyl sites for hydroxylation is 1. The van der Waals surface area contributed by atoms with E-state index in [4.69, 9.17) is 9.47 Å². The van der Waals surface area contributed by atoms with Gasteiger partial charge in [0, 0.05) is 17.8 Å². The summed E-state index contributed by atoms with van der Waals surface area (Å²) in [5.74, 6) is 1.41. The van der Waals surface area contributed by atoms with Crippen LogP contribution in [0.2, 0.25) is 0 Å². The van der Waals surface area contributed by atoms with E-state index < -0.39 is 0 Å². The number of carbonyl (C=O) groups excluding carboxylic acids is 1. The van der Waals surface area contributed by atoms with Crippen molar-refractivity contribution in [3.63, 3.8) is 0 Å². The van der Waals surface area contributed by atoms with Crippen LogP contribution in [0.3, 0.4) is 0 Å². The zero-order valence-corrected chi connectivity index (χ0v) is 15.4. The summed E-state index contributed by atoms with van der Waals surface area (Å²) in [5, 5.41) is 4.15. The van der Waals surface area contributed by atoms with Gasteiger partial charge in [-0.2, -0.15) is 0 Å². The highest BCUT2D eigenvalue weighted by Crippen LogP contribution is 2.27. The molecule has 1 heterocycles. The average molecular weight is 352 g/mol. The zero-order valence-electron chi connectivity index (χ0n) is 15.4. The van der Waals surface area contributed by atoms with Crippen LogP contribution >= 0.6 is 0 Å². The number of benzene rings is 2. The van der Waals surface area contributed by atoms with Gasteiger partial charge in [0.1, 0.15) is 6.54 Å². The van der Waals surface area contributed by atoms with Gasteiger partial charge in [-0.25, -0.2) is 0 Å². The largest absolute Gasteiger partial charge is 0.493 e. The number of para-hydroxylation sites is 1. The lowest BCUT2D eigenvalue weighted by molar-refractivity contribution is -0.121. The summed E-state index contributed by atoms with van der Waals surface area (Å²) in [6, 6.07) is 16.0. The number of amides is 1. The zero-order chi connectivity index (χ0) is 18.5.